The molecule has 1 nitrogen and oxygen atoms in total. The van der Waals surface area contributed by atoms with Crippen molar-refractivity contribution >= 4 is 0 Å². The molecule has 10 heavy (non-hydrogen) atoms. The average Bonchev–Trinajstić information content (AvgIpc) is 2.04. The van der Waals surface area contributed by atoms with Gasteiger partial charge in [-0.15, -0.1) is 0 Å². The van der Waals surface area contributed by atoms with E-state index in [1.54, 1.807) is 0 Å². The van der Waals surface area contributed by atoms with Gasteiger partial charge in [-0.25, -0.2) is 0 Å². The van der Waals surface area contributed by atoms with Gasteiger partial charge >= 0.3 is 0 Å². The standard InChI is InChI=1S/C9H12O/c1-3-8-5-6-10-7-9(8)4-2/h3-4H,1-2,5-7H2. The fourth-order valence-corrected chi connectivity index (χ4v) is 1.04. The molecule has 0 saturated carbocycles. The average molecular weight is 136 g/mol. The molecule has 0 saturated heterocycles. The molecule has 0 amide bonds. The van der Waals surface area contributed by atoms with Gasteiger partial charge in [0.1, 0.15) is 0 Å². The second-order valence-electron chi connectivity index (χ2n) is 2.26. The van der Waals surface area contributed by atoms with Crippen LogP contribution in [0.3, 0.4) is 0 Å². The number of hydrogen-bond acceptors (Lipinski definition) is 1. The third-order valence-electron chi connectivity index (χ3n) is 1.68. The highest BCUT2D eigenvalue weighted by Gasteiger charge is 2.06. The third-order valence-corrected chi connectivity index (χ3v) is 1.68. The molecule has 0 N–H and O–H groups in total. The maximum atomic E-state index is 5.23. The first kappa shape index (κ1) is 7.29. The van der Waals surface area contributed by atoms with Crippen molar-refractivity contribution in [2.75, 3.05) is 13.2 Å². The zero-order chi connectivity index (χ0) is 7.40. The minimum absolute atomic E-state index is 0.699. The zero-order valence-electron chi connectivity index (χ0n) is 6.10. The second-order valence-corrected chi connectivity index (χ2v) is 2.26. The van der Waals surface area contributed by atoms with Crippen LogP contribution < -0.4 is 0 Å². The van der Waals surface area contributed by atoms with E-state index in [1.165, 1.54) is 11.1 Å². The summed E-state index contributed by atoms with van der Waals surface area (Å²) in [6.07, 6.45) is 4.71. The van der Waals surface area contributed by atoms with Gasteiger partial charge in [-0.2, -0.15) is 0 Å². The molecular formula is C9H12O. The Balaban J connectivity index is 2.81. The highest BCUT2D eigenvalue weighted by Crippen LogP contribution is 2.16. The Hall–Kier alpha value is -0.820. The van der Waals surface area contributed by atoms with Gasteiger partial charge in [0.15, 0.2) is 0 Å². The molecule has 0 spiro atoms. The Bertz CT molecular complexity index is 157. The molecular weight excluding hydrogens is 124 g/mol. The molecule has 0 aromatic heterocycles. The SMILES string of the molecule is C=CC1=C(C=C)COCC1. The lowest BCUT2D eigenvalue weighted by molar-refractivity contribution is 0.150. The quantitative estimate of drug-likeness (QED) is 0.564. The van der Waals surface area contributed by atoms with Gasteiger partial charge in [-0.05, 0) is 17.6 Å². The normalized spacial score (nSPS) is 18.8. The Morgan fingerprint density at radius 1 is 1.20 bits per heavy atom. The van der Waals surface area contributed by atoms with E-state index in [0.29, 0.717) is 6.61 Å². The van der Waals surface area contributed by atoms with Crippen LogP contribution in [-0.2, 0) is 4.74 Å². The number of hydrogen-bond donors (Lipinski definition) is 0. The summed E-state index contributed by atoms with van der Waals surface area (Å²) < 4.78 is 5.23. The number of allylic oxidation sites excluding steroid dienone is 1. The van der Waals surface area contributed by atoms with E-state index in [-0.39, 0.29) is 0 Å². The van der Waals surface area contributed by atoms with Crippen LogP contribution in [0.15, 0.2) is 36.5 Å². The van der Waals surface area contributed by atoms with Crippen LogP contribution in [-0.4, -0.2) is 13.2 Å². The lowest BCUT2D eigenvalue weighted by atomic mass is 10.0. The zero-order valence-corrected chi connectivity index (χ0v) is 6.10. The van der Waals surface area contributed by atoms with Gasteiger partial charge in [0, 0.05) is 0 Å². The Morgan fingerprint density at radius 2 is 1.90 bits per heavy atom. The molecule has 0 aromatic carbocycles. The topological polar surface area (TPSA) is 9.23 Å². The van der Waals surface area contributed by atoms with E-state index < -0.39 is 0 Å². The highest BCUT2D eigenvalue weighted by molar-refractivity contribution is 5.32. The van der Waals surface area contributed by atoms with Gasteiger partial charge < -0.3 is 4.74 Å². The van der Waals surface area contributed by atoms with Gasteiger partial charge in [0.2, 0.25) is 0 Å². The van der Waals surface area contributed by atoms with Crippen molar-refractivity contribution in [1.29, 1.82) is 0 Å². The lowest BCUT2D eigenvalue weighted by Crippen LogP contribution is -2.08. The number of ether oxygens (including phenoxy) is 1. The van der Waals surface area contributed by atoms with Crippen LogP contribution in [0.5, 0.6) is 0 Å². The monoisotopic (exact) mass is 136 g/mol. The summed E-state index contributed by atoms with van der Waals surface area (Å²) in [6, 6.07) is 0. The van der Waals surface area contributed by atoms with Crippen LogP contribution in [0.25, 0.3) is 0 Å². The molecule has 0 atom stereocenters. The van der Waals surface area contributed by atoms with E-state index in [0.717, 1.165) is 13.0 Å². The molecule has 0 bridgehead atoms. The third kappa shape index (κ3) is 1.36. The van der Waals surface area contributed by atoms with E-state index in [1.807, 2.05) is 12.2 Å². The molecule has 0 radical (unpaired) electrons. The van der Waals surface area contributed by atoms with Crippen molar-refractivity contribution in [3.05, 3.63) is 36.5 Å². The van der Waals surface area contributed by atoms with Crippen LogP contribution in [0.2, 0.25) is 0 Å². The molecule has 1 rings (SSSR count). The van der Waals surface area contributed by atoms with E-state index >= 15 is 0 Å². The van der Waals surface area contributed by atoms with Crippen molar-refractivity contribution in [3.63, 3.8) is 0 Å². The Morgan fingerprint density at radius 3 is 2.40 bits per heavy atom. The van der Waals surface area contributed by atoms with Crippen molar-refractivity contribution in [2.24, 2.45) is 0 Å². The van der Waals surface area contributed by atoms with E-state index in [9.17, 15) is 0 Å². The summed E-state index contributed by atoms with van der Waals surface area (Å²) >= 11 is 0. The lowest BCUT2D eigenvalue weighted by Gasteiger charge is -2.15. The maximum Gasteiger partial charge on any atom is 0.0719 e. The number of rotatable bonds is 2. The second kappa shape index (κ2) is 3.37. The minimum Gasteiger partial charge on any atom is -0.376 e. The molecule has 0 aromatic rings. The van der Waals surface area contributed by atoms with Gasteiger partial charge in [-0.1, -0.05) is 25.3 Å². The van der Waals surface area contributed by atoms with Crippen LogP contribution in [0, 0.1) is 0 Å². The molecule has 1 heterocycles. The summed E-state index contributed by atoms with van der Waals surface area (Å²) in [7, 11) is 0. The molecule has 0 aliphatic carbocycles. The maximum absolute atomic E-state index is 5.23. The summed E-state index contributed by atoms with van der Waals surface area (Å²) in [6.45, 7) is 8.94. The minimum atomic E-state index is 0.699. The van der Waals surface area contributed by atoms with Crippen LogP contribution >= 0.6 is 0 Å². The van der Waals surface area contributed by atoms with Crippen LogP contribution in [0.1, 0.15) is 6.42 Å². The molecule has 1 aliphatic rings. The predicted octanol–water partition coefficient (Wildman–Crippen LogP) is 2.08. The largest absolute Gasteiger partial charge is 0.376 e. The predicted molar refractivity (Wildman–Crippen MR) is 42.9 cm³/mol. The Labute approximate surface area is 61.7 Å². The first-order valence-corrected chi connectivity index (χ1v) is 3.43. The van der Waals surface area contributed by atoms with Gasteiger partial charge in [-0.3, -0.25) is 0 Å². The molecule has 1 heteroatoms. The van der Waals surface area contributed by atoms with E-state index in [2.05, 4.69) is 13.2 Å². The van der Waals surface area contributed by atoms with Gasteiger partial charge in [0.05, 0.1) is 13.2 Å². The molecule has 1 aliphatic heterocycles. The summed E-state index contributed by atoms with van der Waals surface area (Å²) in [5.41, 5.74) is 2.46. The highest BCUT2D eigenvalue weighted by atomic mass is 16.5. The smallest absolute Gasteiger partial charge is 0.0719 e. The van der Waals surface area contributed by atoms with Crippen molar-refractivity contribution in [2.45, 2.75) is 6.42 Å². The van der Waals surface area contributed by atoms with Crippen molar-refractivity contribution in [3.8, 4) is 0 Å². The summed E-state index contributed by atoms with van der Waals surface area (Å²) in [4.78, 5) is 0. The van der Waals surface area contributed by atoms with Crippen LogP contribution in [0.4, 0.5) is 0 Å². The fraction of sp³-hybridized carbons (Fsp3) is 0.333. The first-order valence-electron chi connectivity index (χ1n) is 3.43. The summed E-state index contributed by atoms with van der Waals surface area (Å²) in [5.74, 6) is 0. The van der Waals surface area contributed by atoms with Gasteiger partial charge in [0.25, 0.3) is 0 Å². The van der Waals surface area contributed by atoms with Crippen molar-refractivity contribution in [1.82, 2.24) is 0 Å². The molecule has 54 valence electrons. The Kier molecular flexibility index (Phi) is 2.46. The van der Waals surface area contributed by atoms with Crippen molar-refractivity contribution < 1.29 is 4.74 Å². The fourth-order valence-electron chi connectivity index (χ4n) is 1.04. The summed E-state index contributed by atoms with van der Waals surface area (Å²) in [5, 5.41) is 0. The molecule has 0 fully saturated rings. The molecule has 0 unspecified atom stereocenters. The first-order chi connectivity index (χ1) is 4.88. The van der Waals surface area contributed by atoms with E-state index in [4.69, 9.17) is 4.74 Å².